The van der Waals surface area contributed by atoms with Gasteiger partial charge in [0, 0.05) is 18.3 Å². The van der Waals surface area contributed by atoms with Crippen molar-refractivity contribution >= 4 is 17.6 Å². The Labute approximate surface area is 216 Å². The number of nitrogens with zero attached hydrogens (tertiary/aromatic N) is 2. The van der Waals surface area contributed by atoms with E-state index in [4.69, 9.17) is 0 Å². The second-order valence-electron chi connectivity index (χ2n) is 10.2. The Balaban J connectivity index is 1.32. The highest BCUT2D eigenvalue weighted by atomic mass is 19.4. The highest BCUT2D eigenvalue weighted by Crippen LogP contribution is 2.43. The van der Waals surface area contributed by atoms with E-state index in [1.807, 2.05) is 35.1 Å². The summed E-state index contributed by atoms with van der Waals surface area (Å²) in [5.41, 5.74) is 1.11. The first-order chi connectivity index (χ1) is 18.1. The summed E-state index contributed by atoms with van der Waals surface area (Å²) in [5, 5.41) is 16.8. The monoisotopic (exact) mass is 529 g/mol. The van der Waals surface area contributed by atoms with E-state index < -0.39 is 52.9 Å². The minimum absolute atomic E-state index is 0.278. The van der Waals surface area contributed by atoms with Gasteiger partial charge in [-0.15, -0.1) is 0 Å². The molecule has 3 atom stereocenters. The third-order valence-electron chi connectivity index (χ3n) is 7.52. The number of aromatic nitrogens is 2. The third-order valence-corrected chi connectivity index (χ3v) is 7.52. The van der Waals surface area contributed by atoms with Crippen LogP contribution in [-0.2, 0) is 22.3 Å². The molecule has 200 valence electrons. The van der Waals surface area contributed by atoms with Gasteiger partial charge in [-0.25, -0.2) is 4.39 Å². The number of halogens is 4. The topological polar surface area (TPSA) is 84.2 Å². The maximum atomic E-state index is 14.3. The molecule has 1 amide bonds. The van der Waals surface area contributed by atoms with Crippen molar-refractivity contribution < 1.29 is 32.3 Å². The zero-order chi connectivity index (χ0) is 27.0. The summed E-state index contributed by atoms with van der Waals surface area (Å²) in [4.78, 5) is 25.4. The molecule has 38 heavy (non-hydrogen) atoms. The van der Waals surface area contributed by atoms with Crippen LogP contribution in [0.25, 0.3) is 11.1 Å². The molecular formula is C28H27F4N3O3. The maximum Gasteiger partial charge on any atom is 0.416 e. The fourth-order valence-electron chi connectivity index (χ4n) is 5.33. The Morgan fingerprint density at radius 1 is 1.03 bits per heavy atom. The van der Waals surface area contributed by atoms with Crippen LogP contribution in [0.5, 0.6) is 0 Å². The molecule has 10 heteroatoms. The van der Waals surface area contributed by atoms with Gasteiger partial charge >= 0.3 is 12.1 Å². The summed E-state index contributed by atoms with van der Waals surface area (Å²) in [6.07, 6.45) is 2.96. The van der Waals surface area contributed by atoms with E-state index in [2.05, 4.69) is 10.4 Å². The van der Waals surface area contributed by atoms with Crippen molar-refractivity contribution in [2.75, 3.05) is 5.32 Å². The van der Waals surface area contributed by atoms with E-state index in [1.54, 1.807) is 6.20 Å². The number of rotatable bonds is 7. The van der Waals surface area contributed by atoms with Gasteiger partial charge in [0.2, 0.25) is 5.91 Å². The number of benzene rings is 2. The predicted molar refractivity (Wildman–Crippen MR) is 132 cm³/mol. The molecule has 6 nitrogen and oxygen atoms in total. The Kier molecular flexibility index (Phi) is 6.98. The van der Waals surface area contributed by atoms with Crippen LogP contribution in [0, 0.1) is 23.6 Å². The molecule has 3 aromatic rings. The number of nitrogens with one attached hydrogen (secondary N) is 1. The SMILES string of the molecule is O=C(O)[C@@H]1[C@@H](c2ccc(-c3cnn(CC4CC4)c3)cc2)CCC[C@H]1C(=O)Nc1ccc(C(F)(F)F)cc1F. The lowest BCUT2D eigenvalue weighted by Crippen LogP contribution is -2.40. The van der Waals surface area contributed by atoms with Gasteiger partial charge in [0.05, 0.1) is 29.3 Å². The van der Waals surface area contributed by atoms with E-state index in [0.717, 1.165) is 29.3 Å². The molecule has 1 aromatic heterocycles. The zero-order valence-electron chi connectivity index (χ0n) is 20.4. The molecule has 2 aliphatic rings. The van der Waals surface area contributed by atoms with Crippen LogP contribution in [0.3, 0.4) is 0 Å². The van der Waals surface area contributed by atoms with Crippen molar-refractivity contribution in [3.8, 4) is 11.1 Å². The van der Waals surface area contributed by atoms with Crippen molar-refractivity contribution in [1.82, 2.24) is 9.78 Å². The summed E-state index contributed by atoms with van der Waals surface area (Å²) in [6, 6.07) is 9.38. The van der Waals surface area contributed by atoms with Gasteiger partial charge < -0.3 is 10.4 Å². The van der Waals surface area contributed by atoms with Gasteiger partial charge in [-0.1, -0.05) is 30.7 Å². The Hall–Kier alpha value is -3.69. The summed E-state index contributed by atoms with van der Waals surface area (Å²) < 4.78 is 54.8. The number of anilines is 1. The van der Waals surface area contributed by atoms with Crippen LogP contribution in [0.2, 0.25) is 0 Å². The third kappa shape index (κ3) is 5.58. The highest BCUT2D eigenvalue weighted by molar-refractivity contribution is 5.95. The molecule has 2 aliphatic carbocycles. The van der Waals surface area contributed by atoms with Gasteiger partial charge in [-0.05, 0) is 66.8 Å². The van der Waals surface area contributed by atoms with Crippen molar-refractivity contribution in [3.63, 3.8) is 0 Å². The number of hydrogen-bond donors (Lipinski definition) is 2. The smallest absolute Gasteiger partial charge is 0.416 e. The first kappa shape index (κ1) is 25.9. The number of aliphatic carboxylic acids is 1. The Morgan fingerprint density at radius 2 is 1.76 bits per heavy atom. The first-order valence-electron chi connectivity index (χ1n) is 12.6. The van der Waals surface area contributed by atoms with Gasteiger partial charge in [0.15, 0.2) is 0 Å². The summed E-state index contributed by atoms with van der Waals surface area (Å²) >= 11 is 0. The van der Waals surface area contributed by atoms with Crippen LogP contribution < -0.4 is 5.32 Å². The van der Waals surface area contributed by atoms with Crippen LogP contribution in [0.15, 0.2) is 54.9 Å². The van der Waals surface area contributed by atoms with Crippen LogP contribution in [0.4, 0.5) is 23.2 Å². The number of carboxylic acid groups (broad SMARTS) is 1. The van der Waals surface area contributed by atoms with Crippen molar-refractivity contribution in [3.05, 3.63) is 71.8 Å². The highest BCUT2D eigenvalue weighted by Gasteiger charge is 2.43. The van der Waals surface area contributed by atoms with Crippen molar-refractivity contribution in [2.45, 2.75) is 50.7 Å². The molecule has 0 unspecified atom stereocenters. The van der Waals surface area contributed by atoms with E-state index in [9.17, 15) is 32.3 Å². The van der Waals surface area contributed by atoms with Crippen LogP contribution in [0.1, 0.15) is 49.1 Å². The second kappa shape index (κ2) is 10.2. The fraction of sp³-hybridized carbons (Fsp3) is 0.393. The molecule has 0 saturated heterocycles. The standard InChI is InChI=1S/C28H27F4N3O3/c29-23-12-20(28(30,31)32)10-11-24(23)34-26(36)22-3-1-2-21(25(22)27(37)38)18-8-6-17(7-9-18)19-13-33-35(15-19)14-16-4-5-16/h6-13,15-16,21-22,25H,1-5,14H2,(H,34,36)(H,37,38)/t21-,22-,25-/m1/s1. The number of amides is 1. The lowest BCUT2D eigenvalue weighted by atomic mass is 9.69. The molecule has 2 N–H and O–H groups in total. The van der Waals surface area contributed by atoms with Gasteiger partial charge in [0.25, 0.3) is 0 Å². The average Bonchev–Trinajstić information content (AvgIpc) is 3.58. The summed E-state index contributed by atoms with van der Waals surface area (Å²) in [5.74, 6) is -4.87. The number of alkyl halides is 3. The predicted octanol–water partition coefficient (Wildman–Crippen LogP) is 6.34. The Morgan fingerprint density at radius 3 is 2.39 bits per heavy atom. The minimum atomic E-state index is -4.72. The maximum absolute atomic E-state index is 14.3. The molecule has 2 saturated carbocycles. The molecular weight excluding hydrogens is 502 g/mol. The molecule has 5 rings (SSSR count). The summed E-state index contributed by atoms with van der Waals surface area (Å²) in [7, 11) is 0. The van der Waals surface area contributed by atoms with E-state index in [1.165, 1.54) is 12.8 Å². The van der Waals surface area contributed by atoms with Gasteiger partial charge in [0.1, 0.15) is 5.82 Å². The van der Waals surface area contributed by atoms with E-state index >= 15 is 0 Å². The van der Waals surface area contributed by atoms with Crippen molar-refractivity contribution in [2.24, 2.45) is 17.8 Å². The van der Waals surface area contributed by atoms with E-state index in [-0.39, 0.29) is 6.42 Å². The van der Waals surface area contributed by atoms with Crippen molar-refractivity contribution in [1.29, 1.82) is 0 Å². The average molecular weight is 530 g/mol. The van der Waals surface area contributed by atoms with Gasteiger partial charge in [-0.3, -0.25) is 14.3 Å². The normalized spacial score (nSPS) is 21.7. The van der Waals surface area contributed by atoms with Crippen LogP contribution >= 0.6 is 0 Å². The Bertz CT molecular complexity index is 1330. The first-order valence-corrected chi connectivity index (χ1v) is 12.6. The van der Waals surface area contributed by atoms with Crippen LogP contribution in [-0.4, -0.2) is 26.8 Å². The fourth-order valence-corrected chi connectivity index (χ4v) is 5.33. The summed E-state index contributed by atoms with van der Waals surface area (Å²) in [6.45, 7) is 0.903. The number of hydrogen-bond acceptors (Lipinski definition) is 3. The molecule has 0 aliphatic heterocycles. The quantitative estimate of drug-likeness (QED) is 0.350. The largest absolute Gasteiger partial charge is 0.481 e. The van der Waals surface area contributed by atoms with Gasteiger partial charge in [-0.2, -0.15) is 18.3 Å². The molecule has 2 aromatic carbocycles. The molecule has 0 bridgehead atoms. The molecule has 0 spiro atoms. The zero-order valence-corrected chi connectivity index (χ0v) is 20.4. The number of carboxylic acids is 1. The lowest BCUT2D eigenvalue weighted by molar-refractivity contribution is -0.148. The van der Waals surface area contributed by atoms with E-state index in [0.29, 0.717) is 30.9 Å². The molecule has 2 fully saturated rings. The molecule has 1 heterocycles. The second-order valence-corrected chi connectivity index (χ2v) is 10.2. The number of carbonyl (C=O) groups excluding carboxylic acids is 1. The minimum Gasteiger partial charge on any atom is -0.481 e. The number of carbonyl (C=O) groups is 2. The molecule has 0 radical (unpaired) electrons. The lowest BCUT2D eigenvalue weighted by Gasteiger charge is -2.35.